The van der Waals surface area contributed by atoms with E-state index in [-0.39, 0.29) is 31.1 Å². The van der Waals surface area contributed by atoms with Crippen LogP contribution >= 0.6 is 0 Å². The molecule has 8 heteroatoms. The number of urea groups is 1. The van der Waals surface area contributed by atoms with Gasteiger partial charge in [0.15, 0.2) is 6.61 Å². The van der Waals surface area contributed by atoms with Gasteiger partial charge < -0.3 is 24.8 Å². The lowest BCUT2D eigenvalue weighted by molar-refractivity contribution is -0.145. The van der Waals surface area contributed by atoms with Crippen LogP contribution in [0, 0.1) is 6.92 Å². The molecule has 0 aromatic heterocycles. The summed E-state index contributed by atoms with van der Waals surface area (Å²) in [5, 5.41) is 5.17. The molecule has 0 spiro atoms. The molecule has 1 aliphatic rings. The third-order valence-electron chi connectivity index (χ3n) is 3.87. The van der Waals surface area contributed by atoms with Gasteiger partial charge in [0.25, 0.3) is 0 Å². The van der Waals surface area contributed by atoms with Gasteiger partial charge in [-0.25, -0.2) is 14.4 Å². The first-order chi connectivity index (χ1) is 12.9. The highest BCUT2D eigenvalue weighted by Crippen LogP contribution is 2.17. The van der Waals surface area contributed by atoms with E-state index >= 15 is 0 Å². The minimum atomic E-state index is -0.618. The summed E-state index contributed by atoms with van der Waals surface area (Å²) >= 11 is 0. The van der Waals surface area contributed by atoms with Crippen molar-refractivity contribution in [1.29, 1.82) is 0 Å². The molecule has 1 aliphatic heterocycles. The van der Waals surface area contributed by atoms with Gasteiger partial charge in [-0.15, -0.1) is 0 Å². The number of nitrogens with one attached hydrogen (secondary N) is 2. The Hall–Kier alpha value is -3.03. The second kappa shape index (κ2) is 9.61. The molecule has 0 bridgehead atoms. The summed E-state index contributed by atoms with van der Waals surface area (Å²) in [6, 6.07) is 6.31. The van der Waals surface area contributed by atoms with Crippen molar-refractivity contribution >= 4 is 18.0 Å². The van der Waals surface area contributed by atoms with Crippen molar-refractivity contribution in [2.75, 3.05) is 19.8 Å². The maximum Gasteiger partial charge on any atom is 0.344 e. The number of aryl methyl sites for hydroxylation is 1. The summed E-state index contributed by atoms with van der Waals surface area (Å²) < 4.78 is 15.6. The fraction of sp³-hybridized carbons (Fsp3) is 0.421. The first-order valence-electron chi connectivity index (χ1n) is 8.77. The van der Waals surface area contributed by atoms with Crippen molar-refractivity contribution in [1.82, 2.24) is 10.6 Å². The molecule has 0 unspecified atom stereocenters. The molecule has 1 atom stereocenters. The van der Waals surface area contributed by atoms with Gasteiger partial charge in [0.2, 0.25) is 0 Å². The van der Waals surface area contributed by atoms with Crippen LogP contribution in [0.4, 0.5) is 4.79 Å². The maximum atomic E-state index is 12.2. The van der Waals surface area contributed by atoms with Crippen LogP contribution in [0.15, 0.2) is 35.5 Å². The smallest absolute Gasteiger partial charge is 0.344 e. The molecular formula is C19H24N2O6. The van der Waals surface area contributed by atoms with Gasteiger partial charge >= 0.3 is 18.0 Å². The summed E-state index contributed by atoms with van der Waals surface area (Å²) in [6.07, 6.45) is 0.496. The lowest BCUT2D eigenvalue weighted by Gasteiger charge is -2.28. The molecule has 2 amide bonds. The molecule has 2 rings (SSSR count). The summed E-state index contributed by atoms with van der Waals surface area (Å²) in [5.74, 6) is -0.619. The Bertz CT molecular complexity index is 743. The monoisotopic (exact) mass is 376 g/mol. The van der Waals surface area contributed by atoms with E-state index in [4.69, 9.17) is 14.2 Å². The van der Waals surface area contributed by atoms with E-state index in [1.54, 1.807) is 19.1 Å². The largest absolute Gasteiger partial charge is 0.482 e. The predicted molar refractivity (Wildman–Crippen MR) is 97.0 cm³/mol. The van der Waals surface area contributed by atoms with Crippen LogP contribution in [-0.4, -0.2) is 43.8 Å². The SMILES string of the molecule is CCOC(=O)C1=C(COC(=O)COc2cccc(C)c2)NC(=O)N[C@@H]1CC. The molecule has 146 valence electrons. The Morgan fingerprint density at radius 3 is 2.63 bits per heavy atom. The normalized spacial score (nSPS) is 16.3. The lowest BCUT2D eigenvalue weighted by atomic mass is 10.0. The van der Waals surface area contributed by atoms with Gasteiger partial charge in [-0.3, -0.25) is 0 Å². The molecule has 2 N–H and O–H groups in total. The van der Waals surface area contributed by atoms with Gasteiger partial charge in [0.1, 0.15) is 12.4 Å². The second-order valence-electron chi connectivity index (χ2n) is 5.94. The standard InChI is InChI=1S/C19H24N2O6/c1-4-14-17(18(23)25-5-2)15(21-19(24)20-14)10-27-16(22)11-26-13-8-6-7-12(3)9-13/h6-9,14H,4-5,10-11H2,1-3H3,(H2,20,21,24)/t14-/m1/s1. The first-order valence-corrected chi connectivity index (χ1v) is 8.77. The van der Waals surface area contributed by atoms with Gasteiger partial charge in [-0.05, 0) is 38.0 Å². The number of carbonyl (C=O) groups is 3. The highest BCUT2D eigenvalue weighted by Gasteiger charge is 2.31. The molecule has 0 radical (unpaired) electrons. The predicted octanol–water partition coefficient (Wildman–Crippen LogP) is 1.83. The van der Waals surface area contributed by atoms with Gasteiger partial charge in [-0.2, -0.15) is 0 Å². The minimum absolute atomic E-state index is 0.199. The minimum Gasteiger partial charge on any atom is -0.482 e. The summed E-state index contributed by atoms with van der Waals surface area (Å²) in [6.45, 7) is 5.09. The highest BCUT2D eigenvalue weighted by molar-refractivity contribution is 5.94. The molecule has 1 aromatic rings. The molecule has 0 aliphatic carbocycles. The number of esters is 2. The number of rotatable bonds is 8. The van der Waals surface area contributed by atoms with Crippen LogP contribution in [0.1, 0.15) is 25.8 Å². The Morgan fingerprint density at radius 1 is 1.19 bits per heavy atom. The van der Waals surface area contributed by atoms with Gasteiger partial charge in [0, 0.05) is 0 Å². The van der Waals surface area contributed by atoms with E-state index in [2.05, 4.69) is 10.6 Å². The van der Waals surface area contributed by atoms with Crippen molar-refractivity contribution in [3.63, 3.8) is 0 Å². The molecule has 0 saturated heterocycles. The first kappa shape index (κ1) is 20.3. The second-order valence-corrected chi connectivity index (χ2v) is 5.94. The van der Waals surface area contributed by atoms with E-state index in [1.807, 2.05) is 26.0 Å². The topological polar surface area (TPSA) is 103 Å². The van der Waals surface area contributed by atoms with Crippen LogP contribution in [0.2, 0.25) is 0 Å². The number of hydrogen-bond acceptors (Lipinski definition) is 6. The maximum absolute atomic E-state index is 12.2. The molecule has 0 saturated carbocycles. The third-order valence-corrected chi connectivity index (χ3v) is 3.87. The van der Waals surface area contributed by atoms with Crippen molar-refractivity contribution in [2.24, 2.45) is 0 Å². The number of amides is 2. The van der Waals surface area contributed by atoms with Gasteiger partial charge in [-0.1, -0.05) is 19.1 Å². The average Bonchev–Trinajstić information content (AvgIpc) is 2.64. The zero-order valence-corrected chi connectivity index (χ0v) is 15.7. The van der Waals surface area contributed by atoms with Crippen molar-refractivity contribution in [3.8, 4) is 5.75 Å². The number of carbonyl (C=O) groups excluding carboxylic acids is 3. The van der Waals surface area contributed by atoms with Crippen molar-refractivity contribution < 1.29 is 28.6 Å². The van der Waals surface area contributed by atoms with E-state index < -0.39 is 24.0 Å². The number of ether oxygens (including phenoxy) is 3. The molecule has 1 aromatic carbocycles. The zero-order chi connectivity index (χ0) is 19.8. The number of hydrogen-bond donors (Lipinski definition) is 2. The Kier molecular flexibility index (Phi) is 7.22. The van der Waals surface area contributed by atoms with Crippen molar-refractivity contribution in [2.45, 2.75) is 33.2 Å². The lowest BCUT2D eigenvalue weighted by Crippen LogP contribution is -2.51. The highest BCUT2D eigenvalue weighted by atomic mass is 16.6. The quantitative estimate of drug-likeness (QED) is 0.671. The fourth-order valence-corrected chi connectivity index (χ4v) is 2.62. The summed E-state index contributed by atoms with van der Waals surface area (Å²) in [5.41, 5.74) is 1.48. The van der Waals surface area contributed by atoms with E-state index in [0.717, 1.165) is 5.56 Å². The molecule has 8 nitrogen and oxygen atoms in total. The zero-order valence-electron chi connectivity index (χ0n) is 15.7. The van der Waals surface area contributed by atoms with Crippen LogP contribution in [0.25, 0.3) is 0 Å². The Labute approximate surface area is 157 Å². The van der Waals surface area contributed by atoms with Crippen LogP contribution in [0.5, 0.6) is 5.75 Å². The fourth-order valence-electron chi connectivity index (χ4n) is 2.62. The summed E-state index contributed by atoms with van der Waals surface area (Å²) in [4.78, 5) is 36.0. The van der Waals surface area contributed by atoms with Crippen LogP contribution in [-0.2, 0) is 19.1 Å². The average molecular weight is 376 g/mol. The van der Waals surface area contributed by atoms with Crippen molar-refractivity contribution in [3.05, 3.63) is 41.1 Å². The van der Waals surface area contributed by atoms with Crippen LogP contribution < -0.4 is 15.4 Å². The van der Waals surface area contributed by atoms with E-state index in [0.29, 0.717) is 12.2 Å². The molecular weight excluding hydrogens is 352 g/mol. The Morgan fingerprint density at radius 2 is 1.96 bits per heavy atom. The van der Waals surface area contributed by atoms with E-state index in [1.165, 1.54) is 0 Å². The molecule has 0 fully saturated rings. The molecule has 1 heterocycles. The van der Waals surface area contributed by atoms with Gasteiger partial charge in [0.05, 0.1) is 23.9 Å². The van der Waals surface area contributed by atoms with Crippen LogP contribution in [0.3, 0.4) is 0 Å². The number of benzene rings is 1. The van der Waals surface area contributed by atoms with E-state index in [9.17, 15) is 14.4 Å². The Balaban J connectivity index is 2.01. The third kappa shape index (κ3) is 5.73. The molecule has 27 heavy (non-hydrogen) atoms. The summed E-state index contributed by atoms with van der Waals surface area (Å²) in [7, 11) is 0.